The van der Waals surface area contributed by atoms with Crippen molar-refractivity contribution in [1.29, 1.82) is 0 Å². The van der Waals surface area contributed by atoms with E-state index in [-0.39, 0.29) is 11.3 Å². The topological polar surface area (TPSA) is 92.7 Å². The summed E-state index contributed by atoms with van der Waals surface area (Å²) in [5, 5.41) is 10.2. The summed E-state index contributed by atoms with van der Waals surface area (Å²) in [6.07, 6.45) is 1.42. The molecule has 6 nitrogen and oxygen atoms in total. The molecular formula is C16H15NO5S. The van der Waals surface area contributed by atoms with Gasteiger partial charge in [-0.3, -0.25) is 4.72 Å². The number of ether oxygens (including phenoxy) is 1. The van der Waals surface area contributed by atoms with Crippen LogP contribution in [0.25, 0.3) is 6.08 Å². The lowest BCUT2D eigenvalue weighted by Gasteiger charge is -2.09. The third-order valence-corrected chi connectivity index (χ3v) is 3.95. The molecule has 7 heteroatoms. The molecule has 0 aliphatic rings. The monoisotopic (exact) mass is 333 g/mol. The van der Waals surface area contributed by atoms with Gasteiger partial charge in [-0.25, -0.2) is 13.2 Å². The van der Waals surface area contributed by atoms with E-state index in [2.05, 4.69) is 4.72 Å². The first-order valence-electron chi connectivity index (χ1n) is 6.58. The summed E-state index contributed by atoms with van der Waals surface area (Å²) in [6.45, 7) is 0. The van der Waals surface area contributed by atoms with Crippen LogP contribution >= 0.6 is 0 Å². The van der Waals surface area contributed by atoms with Crippen LogP contribution in [0.2, 0.25) is 0 Å². The van der Waals surface area contributed by atoms with E-state index < -0.39 is 16.0 Å². The molecule has 0 bridgehead atoms. The molecule has 23 heavy (non-hydrogen) atoms. The number of sulfonamides is 1. The molecule has 0 atom stereocenters. The Hall–Kier alpha value is -2.80. The van der Waals surface area contributed by atoms with Crippen molar-refractivity contribution in [3.8, 4) is 5.75 Å². The van der Waals surface area contributed by atoms with Crippen molar-refractivity contribution in [2.45, 2.75) is 0 Å². The summed E-state index contributed by atoms with van der Waals surface area (Å²) in [5.41, 5.74) is 0.489. The Labute approximate surface area is 134 Å². The molecule has 0 aliphatic heterocycles. The molecule has 0 fully saturated rings. The lowest BCUT2D eigenvalue weighted by molar-refractivity contribution is 0.0697. The fourth-order valence-electron chi connectivity index (χ4n) is 1.84. The normalized spacial score (nSPS) is 11.3. The molecule has 0 spiro atoms. The first-order chi connectivity index (χ1) is 10.9. The maximum Gasteiger partial charge on any atom is 0.337 e. The van der Waals surface area contributed by atoms with Gasteiger partial charge in [-0.2, -0.15) is 0 Å². The van der Waals surface area contributed by atoms with Crippen LogP contribution in [0.15, 0.2) is 53.9 Å². The SMILES string of the molecule is COc1ccc(NS(=O)(=O)/C=C/c2ccccc2)c(C(=O)O)c1. The Morgan fingerprint density at radius 3 is 2.48 bits per heavy atom. The number of nitrogens with one attached hydrogen (secondary N) is 1. The number of hydrogen-bond acceptors (Lipinski definition) is 4. The Balaban J connectivity index is 2.27. The van der Waals surface area contributed by atoms with Gasteiger partial charge in [0.25, 0.3) is 10.0 Å². The molecule has 0 amide bonds. The summed E-state index contributed by atoms with van der Waals surface area (Å²) < 4.78 is 31.3. The Kier molecular flexibility index (Phi) is 5.02. The smallest absolute Gasteiger partial charge is 0.337 e. The summed E-state index contributed by atoms with van der Waals surface area (Å²) in [5.74, 6) is -0.932. The number of carboxylic acids is 1. The minimum absolute atomic E-state index is 0.0315. The molecule has 0 unspecified atom stereocenters. The molecule has 0 radical (unpaired) electrons. The van der Waals surface area contributed by atoms with Gasteiger partial charge >= 0.3 is 5.97 Å². The largest absolute Gasteiger partial charge is 0.497 e. The van der Waals surface area contributed by atoms with Gasteiger partial charge in [-0.05, 0) is 29.8 Å². The van der Waals surface area contributed by atoms with Crippen LogP contribution in [-0.2, 0) is 10.0 Å². The molecule has 2 aromatic rings. The maximum atomic E-state index is 12.1. The van der Waals surface area contributed by atoms with E-state index in [4.69, 9.17) is 4.74 Å². The molecule has 0 saturated carbocycles. The van der Waals surface area contributed by atoms with Gasteiger partial charge in [0.1, 0.15) is 5.75 Å². The van der Waals surface area contributed by atoms with Crippen molar-refractivity contribution >= 4 is 27.8 Å². The molecule has 2 aromatic carbocycles. The molecule has 2 N–H and O–H groups in total. The van der Waals surface area contributed by atoms with Crippen LogP contribution in [0.1, 0.15) is 15.9 Å². The highest BCUT2D eigenvalue weighted by molar-refractivity contribution is 7.95. The number of anilines is 1. The predicted octanol–water partition coefficient (Wildman–Crippen LogP) is 2.81. The average Bonchev–Trinajstić information content (AvgIpc) is 2.54. The number of aromatic carboxylic acids is 1. The van der Waals surface area contributed by atoms with Crippen LogP contribution in [0.5, 0.6) is 5.75 Å². The molecule has 0 saturated heterocycles. The van der Waals surface area contributed by atoms with E-state index in [0.717, 1.165) is 5.41 Å². The third-order valence-electron chi connectivity index (χ3n) is 2.95. The lowest BCUT2D eigenvalue weighted by atomic mass is 10.2. The molecular weight excluding hydrogens is 318 g/mol. The van der Waals surface area contributed by atoms with Gasteiger partial charge < -0.3 is 9.84 Å². The van der Waals surface area contributed by atoms with Crippen molar-refractivity contribution in [3.63, 3.8) is 0 Å². The number of methoxy groups -OCH3 is 1. The van der Waals surface area contributed by atoms with Gasteiger partial charge in [-0.15, -0.1) is 0 Å². The minimum Gasteiger partial charge on any atom is -0.497 e. The second-order valence-electron chi connectivity index (χ2n) is 4.58. The Morgan fingerprint density at radius 2 is 1.87 bits per heavy atom. The van der Waals surface area contributed by atoms with Crippen molar-refractivity contribution in [1.82, 2.24) is 0 Å². The fourth-order valence-corrected chi connectivity index (χ4v) is 2.72. The predicted molar refractivity (Wildman–Crippen MR) is 88.0 cm³/mol. The summed E-state index contributed by atoms with van der Waals surface area (Å²) in [6, 6.07) is 13.0. The minimum atomic E-state index is -3.84. The second kappa shape index (κ2) is 6.97. The van der Waals surface area contributed by atoms with Crippen LogP contribution in [-0.4, -0.2) is 26.6 Å². The molecule has 120 valence electrons. The average molecular weight is 333 g/mol. The van der Waals surface area contributed by atoms with E-state index >= 15 is 0 Å². The van der Waals surface area contributed by atoms with E-state index in [1.165, 1.54) is 31.4 Å². The van der Waals surface area contributed by atoms with E-state index in [1.54, 1.807) is 24.3 Å². The molecule has 0 aromatic heterocycles. The van der Waals surface area contributed by atoms with E-state index in [1.807, 2.05) is 6.07 Å². The van der Waals surface area contributed by atoms with Crippen LogP contribution in [0.3, 0.4) is 0 Å². The summed E-state index contributed by atoms with van der Waals surface area (Å²) >= 11 is 0. The lowest BCUT2D eigenvalue weighted by Crippen LogP contribution is -2.12. The number of benzene rings is 2. The number of rotatable bonds is 6. The van der Waals surface area contributed by atoms with Gasteiger partial charge in [0.2, 0.25) is 0 Å². The quantitative estimate of drug-likeness (QED) is 0.848. The standard InChI is InChI=1S/C16H15NO5S/c1-22-13-7-8-15(14(11-13)16(18)19)17-23(20,21)10-9-12-5-3-2-4-6-12/h2-11,17H,1H3,(H,18,19)/b10-9+. The van der Waals surface area contributed by atoms with Crippen molar-refractivity contribution in [2.75, 3.05) is 11.8 Å². The second-order valence-corrected chi connectivity index (χ2v) is 6.14. The first-order valence-corrected chi connectivity index (χ1v) is 8.13. The van der Waals surface area contributed by atoms with Gasteiger partial charge in [0.05, 0.1) is 23.8 Å². The number of carbonyl (C=O) groups is 1. The fraction of sp³-hybridized carbons (Fsp3) is 0.0625. The summed E-state index contributed by atoms with van der Waals surface area (Å²) in [7, 11) is -2.45. The van der Waals surface area contributed by atoms with Crippen LogP contribution in [0.4, 0.5) is 5.69 Å². The zero-order valence-electron chi connectivity index (χ0n) is 12.3. The highest BCUT2D eigenvalue weighted by Crippen LogP contribution is 2.23. The van der Waals surface area contributed by atoms with Gasteiger partial charge in [0.15, 0.2) is 0 Å². The maximum absolute atomic E-state index is 12.1. The van der Waals surface area contributed by atoms with Crippen molar-refractivity contribution in [2.24, 2.45) is 0 Å². The van der Waals surface area contributed by atoms with Crippen LogP contribution < -0.4 is 9.46 Å². The van der Waals surface area contributed by atoms with E-state index in [0.29, 0.717) is 11.3 Å². The van der Waals surface area contributed by atoms with Gasteiger partial charge in [0, 0.05) is 0 Å². The third kappa shape index (κ3) is 4.58. The van der Waals surface area contributed by atoms with Crippen molar-refractivity contribution < 1.29 is 23.1 Å². The Morgan fingerprint density at radius 1 is 1.17 bits per heavy atom. The molecule has 0 heterocycles. The Bertz CT molecular complexity index is 829. The van der Waals surface area contributed by atoms with E-state index in [9.17, 15) is 18.3 Å². The zero-order chi connectivity index (χ0) is 16.9. The number of hydrogen-bond donors (Lipinski definition) is 2. The zero-order valence-corrected chi connectivity index (χ0v) is 13.1. The van der Waals surface area contributed by atoms with Crippen LogP contribution in [0, 0.1) is 0 Å². The van der Waals surface area contributed by atoms with Gasteiger partial charge in [-0.1, -0.05) is 30.3 Å². The molecule has 2 rings (SSSR count). The molecule has 0 aliphatic carbocycles. The highest BCUT2D eigenvalue weighted by Gasteiger charge is 2.15. The summed E-state index contributed by atoms with van der Waals surface area (Å²) in [4.78, 5) is 11.2. The number of carboxylic acid groups (broad SMARTS) is 1. The highest BCUT2D eigenvalue weighted by atomic mass is 32.2. The van der Waals surface area contributed by atoms with Crippen molar-refractivity contribution in [3.05, 3.63) is 65.1 Å². The first kappa shape index (κ1) is 16.6.